The molecular weight excluding hydrogens is 1350 g/mol. The predicted octanol–water partition coefficient (Wildman–Crippen LogP) is 7.21. The van der Waals surface area contributed by atoms with E-state index in [1.807, 2.05) is 20.8 Å². The fourth-order valence-electron chi connectivity index (χ4n) is 11.8. The summed E-state index contributed by atoms with van der Waals surface area (Å²) in [6.45, 7) is 23.0. The molecule has 2 aliphatic rings. The molecule has 2 aromatic rings. The van der Waals surface area contributed by atoms with Crippen LogP contribution < -0.4 is 26.6 Å². The number of Topliss-reactive ketones (excluding diaryl/α,β-unsaturated/α-hetero) is 1. The topological polar surface area (TPSA) is 352 Å². The zero-order valence-corrected chi connectivity index (χ0v) is 64.6. The number of carbonyl (C=O) groups excluding carboxylic acids is 14. The summed E-state index contributed by atoms with van der Waals surface area (Å²) in [4.78, 5) is 197. The summed E-state index contributed by atoms with van der Waals surface area (Å²) >= 11 is 0. The Hall–Kier alpha value is -9.50. The summed E-state index contributed by atoms with van der Waals surface area (Å²) in [6, 6.07) is 9.69. The number of esters is 2. The Morgan fingerprint density at radius 3 is 1.97 bits per heavy atom. The van der Waals surface area contributed by atoms with E-state index in [4.69, 9.17) is 18.9 Å². The maximum absolute atomic E-state index is 14.4. The molecule has 11 amide bonds. The number of ketones is 1. The maximum Gasteiger partial charge on any atom is 0.409 e. The summed E-state index contributed by atoms with van der Waals surface area (Å²) in [5.41, 5.74) is 2.22. The molecule has 28 nitrogen and oxygen atoms in total. The number of allylic oxidation sites excluding steroid dienone is 1. The highest BCUT2D eigenvalue weighted by Gasteiger charge is 2.40. The van der Waals surface area contributed by atoms with Crippen LogP contribution in [0.5, 0.6) is 0 Å². The Bertz CT molecular complexity index is 3430. The maximum atomic E-state index is 14.4. The molecule has 580 valence electrons. The quantitative estimate of drug-likeness (QED) is 0.0204. The highest BCUT2D eigenvalue weighted by Crippen LogP contribution is 2.28. The summed E-state index contributed by atoms with van der Waals surface area (Å²) in [6.07, 6.45) is 0.118. The first kappa shape index (κ1) is 87.9. The number of unbranched alkanes of at least 4 members (excludes halogenated alkanes) is 2. The smallest absolute Gasteiger partial charge is 0.409 e. The second kappa shape index (κ2) is 42.5. The van der Waals surface area contributed by atoms with Crippen molar-refractivity contribution >= 4 is 88.8 Å². The first-order valence-corrected chi connectivity index (χ1v) is 36.4. The number of benzene rings is 2. The van der Waals surface area contributed by atoms with Crippen molar-refractivity contribution in [1.29, 1.82) is 0 Å². The van der Waals surface area contributed by atoms with Gasteiger partial charge in [0.05, 0.1) is 12.6 Å². The third-order valence-electron chi connectivity index (χ3n) is 19.1. The van der Waals surface area contributed by atoms with Gasteiger partial charge in [0.15, 0.2) is 11.9 Å². The van der Waals surface area contributed by atoms with Gasteiger partial charge in [-0.25, -0.2) is 19.2 Å². The van der Waals surface area contributed by atoms with Crippen LogP contribution in [-0.2, 0) is 89.5 Å². The molecule has 0 aromatic heterocycles. The summed E-state index contributed by atoms with van der Waals surface area (Å²) in [5, 5.41) is 13.7. The number of ether oxygens (including phenoxy) is 4. The molecule has 105 heavy (non-hydrogen) atoms. The second-order valence-electron chi connectivity index (χ2n) is 28.8. The van der Waals surface area contributed by atoms with Crippen LogP contribution in [0.2, 0.25) is 0 Å². The molecule has 4 rings (SSSR count). The Kier molecular flexibility index (Phi) is 35.5. The number of likely N-dealkylation sites (tertiary alicyclic amines) is 1. The monoisotopic (exact) mass is 1470 g/mol. The minimum atomic E-state index is -1.40. The number of carbonyl (C=O) groups is 14. The zero-order chi connectivity index (χ0) is 78.7. The molecule has 2 aromatic carbocycles. The summed E-state index contributed by atoms with van der Waals surface area (Å²) in [7, 11) is 5.71. The molecule has 1 fully saturated rings. The molecular formula is C77H114N10O18. The van der Waals surface area contributed by atoms with Crippen molar-refractivity contribution in [3.63, 3.8) is 0 Å². The molecule has 28 heteroatoms. The van der Waals surface area contributed by atoms with Crippen LogP contribution in [0.15, 0.2) is 77.9 Å². The molecule has 5 N–H and O–H groups in total. The van der Waals surface area contributed by atoms with E-state index in [1.165, 1.54) is 74.6 Å². The number of nitrogens with zero attached hydrogens (tertiary/aromatic N) is 5. The average molecular weight is 1470 g/mol. The van der Waals surface area contributed by atoms with Crippen LogP contribution in [0, 0.1) is 35.5 Å². The van der Waals surface area contributed by atoms with Gasteiger partial charge in [-0.2, -0.15) is 0 Å². The number of anilines is 1. The minimum Gasteiger partial charge on any atom is -0.456 e. The Morgan fingerprint density at radius 1 is 0.752 bits per heavy atom. The third-order valence-corrected chi connectivity index (χ3v) is 19.1. The van der Waals surface area contributed by atoms with Crippen molar-refractivity contribution in [2.45, 2.75) is 216 Å². The highest BCUT2D eigenvalue weighted by molar-refractivity contribution is 6.03. The molecule has 0 saturated carbocycles. The van der Waals surface area contributed by atoms with Crippen molar-refractivity contribution in [2.24, 2.45) is 35.5 Å². The van der Waals surface area contributed by atoms with Gasteiger partial charge in [-0.3, -0.25) is 52.8 Å². The molecule has 2 heterocycles. The average Bonchev–Trinajstić information content (AvgIpc) is 1.79. The number of rotatable bonds is 26. The van der Waals surface area contributed by atoms with Gasteiger partial charge in [0.25, 0.3) is 5.91 Å². The zero-order valence-electron chi connectivity index (χ0n) is 64.6. The van der Waals surface area contributed by atoms with Gasteiger partial charge in [-0.15, -0.1) is 0 Å². The van der Waals surface area contributed by atoms with Gasteiger partial charge in [-0.05, 0) is 100 Å². The summed E-state index contributed by atoms with van der Waals surface area (Å²) in [5.74, 6) is -9.52. The number of hydrogen-bond donors (Lipinski definition) is 5. The highest BCUT2D eigenvalue weighted by atomic mass is 16.6. The van der Waals surface area contributed by atoms with Crippen LogP contribution in [0.25, 0.3) is 0 Å². The van der Waals surface area contributed by atoms with Crippen molar-refractivity contribution < 1.29 is 86.1 Å². The number of likely N-dealkylation sites (N-methyl/N-ethyl adjacent to an activating group) is 4. The minimum absolute atomic E-state index is 0.00945. The van der Waals surface area contributed by atoms with Gasteiger partial charge < -0.3 is 65.1 Å². The Labute approximate surface area is 618 Å². The fourth-order valence-corrected chi connectivity index (χ4v) is 11.8. The van der Waals surface area contributed by atoms with E-state index in [1.54, 1.807) is 116 Å². The van der Waals surface area contributed by atoms with E-state index in [9.17, 15) is 67.1 Å². The van der Waals surface area contributed by atoms with Crippen LogP contribution >= 0.6 is 0 Å². The second-order valence-corrected chi connectivity index (χ2v) is 28.8. The lowest BCUT2D eigenvalue weighted by molar-refractivity contribution is -0.155. The fraction of sp³-hybridized carbons (Fsp3) is 0.610. The van der Waals surface area contributed by atoms with Crippen molar-refractivity contribution in [3.05, 3.63) is 89.0 Å². The Morgan fingerprint density at radius 2 is 1.38 bits per heavy atom. The molecule has 0 aliphatic carbocycles. The van der Waals surface area contributed by atoms with E-state index in [0.29, 0.717) is 54.6 Å². The van der Waals surface area contributed by atoms with Crippen LogP contribution in [-0.4, -0.2) is 210 Å². The first-order valence-electron chi connectivity index (χ1n) is 36.4. The normalized spacial score (nSPS) is 23.2. The van der Waals surface area contributed by atoms with Crippen LogP contribution in [0.1, 0.15) is 166 Å². The third kappa shape index (κ3) is 27.5. The van der Waals surface area contributed by atoms with Crippen LogP contribution in [0.4, 0.5) is 15.3 Å². The summed E-state index contributed by atoms with van der Waals surface area (Å²) < 4.78 is 23.8. The molecule has 1 saturated heterocycles. The van der Waals surface area contributed by atoms with Gasteiger partial charge in [0.2, 0.25) is 47.3 Å². The molecule has 0 radical (unpaired) electrons. The van der Waals surface area contributed by atoms with E-state index in [2.05, 4.69) is 26.6 Å². The van der Waals surface area contributed by atoms with Crippen LogP contribution in [0.3, 0.4) is 0 Å². The number of amides is 11. The van der Waals surface area contributed by atoms with E-state index in [-0.39, 0.29) is 105 Å². The number of imide groups is 1. The SMILES string of the molecule is C/C=C(\C)[C@H]1OC(=O)[C@@H](C)NC(=O)[C@H](C(C)CC)NC(=O)CN(C)C(=O)[C@@H](Cc2ccccc2)N(C)C(=O)[C@H](C)NC(=O)[C@@H](CC(C)C)OC(=O)/C(C)=C/C[C@H](OC(=O)N(C)CCN(C)C(=O)OCc2ccc(NC(=O)[C@@H](C)CC(=O)[C@H](NC(=O)CCCCCN3C(=O)CC(C)C3=O)C(C)C)cc2)[C@@H]1C. The van der Waals surface area contributed by atoms with Gasteiger partial charge in [0, 0.05) is 109 Å². The number of cyclic esters (lactones) is 2. The molecule has 2 aliphatic heterocycles. The molecule has 0 bridgehead atoms. The lowest BCUT2D eigenvalue weighted by Gasteiger charge is -2.33. The largest absolute Gasteiger partial charge is 0.456 e. The van der Waals surface area contributed by atoms with E-state index >= 15 is 0 Å². The first-order chi connectivity index (χ1) is 49.4. The number of nitrogens with one attached hydrogen (secondary N) is 5. The molecule has 2 unspecified atom stereocenters. The standard InChI is InChI=1S/C77H114N10O18/c1-19-47(7)66-70(94)79-54(14)75(99)105-67(48(8)20-2)52(12)60(35-30-49(9)74(98)103-61(39-45(3)4)69(93)78-53(13)72(96)86(18)58(42-55-27-23-21-24-28-55)73(97)85(17)43-63(90)82-66)104-77(101)84(16)38-37-83(15)76(100)102-44-56-31-33-57(34-32-56)80-68(92)50(10)40-59(88)65(46(5)6)81-62(89)29-25-22-26-36-87-64(91)41-51(11)71(87)95/h20-21,23-24,27-28,30-34,45-47,50-54,58,60-61,65-67H,19,22,25-26,29,35-44H2,1-18H3,(H,78,93)(H,79,94)(H,80,92)(H,81,89)(H,82,90)/b48-20+,49-30+/t47?,50-,51?,52-,53-,54+,58+,60-,61+,65+,66-,67+/m0/s1. The number of hydrogen-bond acceptors (Lipinski definition) is 18. The van der Waals surface area contributed by atoms with Gasteiger partial charge >= 0.3 is 24.1 Å². The lowest BCUT2D eigenvalue weighted by atomic mass is 9.90. The lowest BCUT2D eigenvalue weighted by Crippen LogP contribution is -2.57. The molecule has 12 atom stereocenters. The van der Waals surface area contributed by atoms with Gasteiger partial charge in [0.1, 0.15) is 43.0 Å². The predicted molar refractivity (Wildman–Crippen MR) is 392 cm³/mol. The van der Waals surface area contributed by atoms with Gasteiger partial charge in [-0.1, -0.05) is 130 Å². The molecule has 0 spiro atoms. The van der Waals surface area contributed by atoms with Crippen molar-refractivity contribution in [1.82, 2.24) is 45.8 Å². The Balaban J connectivity index is 1.47. The van der Waals surface area contributed by atoms with Crippen molar-refractivity contribution in [3.8, 4) is 0 Å². The van der Waals surface area contributed by atoms with Crippen molar-refractivity contribution in [2.75, 3.05) is 59.7 Å². The van der Waals surface area contributed by atoms with E-state index in [0.717, 1.165) is 4.90 Å². The van der Waals surface area contributed by atoms with E-state index < -0.39 is 132 Å².